The molecular formula is C17H15NO2. The van der Waals surface area contributed by atoms with E-state index >= 15 is 0 Å². The summed E-state index contributed by atoms with van der Waals surface area (Å²) in [6, 6.07) is 16.7. The van der Waals surface area contributed by atoms with Gasteiger partial charge in [-0.15, -0.1) is 0 Å². The fraction of sp³-hybridized carbons (Fsp3) is 0.118. The summed E-state index contributed by atoms with van der Waals surface area (Å²) in [4.78, 5) is 14.2. The molecule has 1 amide bonds. The topological polar surface area (TPSA) is 40.5 Å². The molecule has 2 aromatic rings. The van der Waals surface area contributed by atoms with Crippen LogP contribution in [-0.4, -0.2) is 17.6 Å². The number of carbonyl (C=O) groups excluding carboxylic acids is 1. The second kappa shape index (κ2) is 4.85. The van der Waals surface area contributed by atoms with Gasteiger partial charge in [-0.3, -0.25) is 4.79 Å². The fourth-order valence-electron chi connectivity index (χ4n) is 2.56. The zero-order valence-corrected chi connectivity index (χ0v) is 11.2. The summed E-state index contributed by atoms with van der Waals surface area (Å²) in [6.45, 7) is 2.51. The van der Waals surface area contributed by atoms with Gasteiger partial charge in [-0.25, -0.2) is 0 Å². The van der Waals surface area contributed by atoms with E-state index in [0.29, 0.717) is 17.7 Å². The minimum Gasteiger partial charge on any atom is -0.506 e. The minimum absolute atomic E-state index is 0.0407. The second-order valence-corrected chi connectivity index (χ2v) is 4.66. The van der Waals surface area contributed by atoms with Gasteiger partial charge in [0.15, 0.2) is 0 Å². The van der Waals surface area contributed by atoms with Crippen LogP contribution >= 0.6 is 0 Å². The third-order valence-corrected chi connectivity index (χ3v) is 3.52. The Morgan fingerprint density at radius 1 is 1.05 bits per heavy atom. The smallest absolute Gasteiger partial charge is 0.262 e. The van der Waals surface area contributed by atoms with Crippen molar-refractivity contribution in [1.82, 2.24) is 0 Å². The van der Waals surface area contributed by atoms with Gasteiger partial charge >= 0.3 is 0 Å². The van der Waals surface area contributed by atoms with E-state index < -0.39 is 0 Å². The van der Waals surface area contributed by atoms with Gasteiger partial charge in [0.05, 0.1) is 11.3 Å². The molecule has 100 valence electrons. The lowest BCUT2D eigenvalue weighted by Crippen LogP contribution is -2.25. The molecule has 1 aliphatic heterocycles. The molecule has 0 aromatic heterocycles. The lowest BCUT2D eigenvalue weighted by atomic mass is 10.0. The van der Waals surface area contributed by atoms with E-state index in [4.69, 9.17) is 0 Å². The van der Waals surface area contributed by atoms with Crippen molar-refractivity contribution in [3.05, 3.63) is 65.7 Å². The van der Waals surface area contributed by atoms with Crippen molar-refractivity contribution in [2.24, 2.45) is 0 Å². The first-order chi connectivity index (χ1) is 9.74. The number of amides is 1. The van der Waals surface area contributed by atoms with E-state index in [9.17, 15) is 9.90 Å². The van der Waals surface area contributed by atoms with Gasteiger partial charge in [-0.05, 0) is 13.0 Å². The van der Waals surface area contributed by atoms with E-state index in [0.717, 1.165) is 11.3 Å². The van der Waals surface area contributed by atoms with Crippen LogP contribution in [0.2, 0.25) is 0 Å². The first-order valence-corrected chi connectivity index (χ1v) is 6.64. The lowest BCUT2D eigenvalue weighted by Gasteiger charge is -2.13. The first-order valence-electron chi connectivity index (χ1n) is 6.64. The monoisotopic (exact) mass is 265 g/mol. The van der Waals surface area contributed by atoms with Gasteiger partial charge in [0.2, 0.25) is 0 Å². The highest BCUT2D eigenvalue weighted by molar-refractivity contribution is 6.36. The molecule has 0 spiro atoms. The van der Waals surface area contributed by atoms with E-state index in [1.807, 2.05) is 49.4 Å². The zero-order valence-electron chi connectivity index (χ0n) is 11.2. The number of carbonyl (C=O) groups is 1. The van der Waals surface area contributed by atoms with E-state index in [1.165, 1.54) is 0 Å². The molecule has 2 aromatic carbocycles. The standard InChI is InChI=1S/C17H15NO2/c1-2-18-14-11-7-6-10-13(14)15(17(18)20)16(19)12-8-4-3-5-9-12/h3-11,19H,2H2,1H3/b16-15-. The number of aliphatic hydroxyl groups excluding tert-OH is 1. The Kier molecular flexibility index (Phi) is 3.03. The summed E-state index contributed by atoms with van der Waals surface area (Å²) >= 11 is 0. The number of benzene rings is 2. The lowest BCUT2D eigenvalue weighted by molar-refractivity contribution is -0.112. The Hall–Kier alpha value is -2.55. The Bertz CT molecular complexity index is 689. The van der Waals surface area contributed by atoms with Gasteiger partial charge in [0.1, 0.15) is 5.76 Å². The number of anilines is 1. The number of hydrogen-bond acceptors (Lipinski definition) is 2. The predicted octanol–water partition coefficient (Wildman–Crippen LogP) is 3.48. The molecule has 0 fully saturated rings. The van der Waals surface area contributed by atoms with Gasteiger partial charge in [0.25, 0.3) is 5.91 Å². The average Bonchev–Trinajstić information content (AvgIpc) is 2.79. The normalized spacial score (nSPS) is 16.2. The Labute approximate surface area is 117 Å². The molecule has 3 nitrogen and oxygen atoms in total. The molecule has 1 aliphatic rings. The van der Waals surface area contributed by atoms with Crippen molar-refractivity contribution in [2.75, 3.05) is 11.4 Å². The third kappa shape index (κ3) is 1.79. The Morgan fingerprint density at radius 2 is 1.70 bits per heavy atom. The number of aliphatic hydroxyl groups is 1. The van der Waals surface area contributed by atoms with Crippen LogP contribution in [0.1, 0.15) is 18.1 Å². The van der Waals surface area contributed by atoms with Crippen LogP contribution in [0.4, 0.5) is 5.69 Å². The Balaban J connectivity index is 2.22. The molecule has 0 aliphatic carbocycles. The average molecular weight is 265 g/mol. The van der Waals surface area contributed by atoms with Crippen LogP contribution in [0.25, 0.3) is 11.3 Å². The largest absolute Gasteiger partial charge is 0.506 e. The number of rotatable bonds is 2. The highest BCUT2D eigenvalue weighted by atomic mass is 16.3. The van der Waals surface area contributed by atoms with Gasteiger partial charge < -0.3 is 10.0 Å². The maximum atomic E-state index is 12.5. The quantitative estimate of drug-likeness (QED) is 0.667. The van der Waals surface area contributed by atoms with Crippen molar-refractivity contribution >= 4 is 22.9 Å². The number of hydrogen-bond donors (Lipinski definition) is 1. The van der Waals surface area contributed by atoms with Crippen molar-refractivity contribution in [1.29, 1.82) is 0 Å². The number of nitrogens with zero attached hydrogens (tertiary/aromatic N) is 1. The molecular weight excluding hydrogens is 250 g/mol. The maximum absolute atomic E-state index is 12.5. The number of para-hydroxylation sites is 1. The SMILES string of the molecule is CCN1C(=O)/C(=C(\O)c2ccccc2)c2ccccc21. The maximum Gasteiger partial charge on any atom is 0.262 e. The van der Waals surface area contributed by atoms with Crippen LogP contribution in [0.15, 0.2) is 54.6 Å². The van der Waals surface area contributed by atoms with Crippen molar-refractivity contribution in [2.45, 2.75) is 6.92 Å². The molecule has 0 bridgehead atoms. The molecule has 0 unspecified atom stereocenters. The van der Waals surface area contributed by atoms with Crippen molar-refractivity contribution in [3.63, 3.8) is 0 Å². The molecule has 3 rings (SSSR count). The highest BCUT2D eigenvalue weighted by Gasteiger charge is 2.33. The summed E-state index contributed by atoms with van der Waals surface area (Å²) < 4.78 is 0. The zero-order chi connectivity index (χ0) is 14.1. The summed E-state index contributed by atoms with van der Waals surface area (Å²) in [6.07, 6.45) is 0. The van der Waals surface area contributed by atoms with E-state index in [-0.39, 0.29) is 11.7 Å². The summed E-state index contributed by atoms with van der Waals surface area (Å²) in [5.74, 6) is -0.103. The Morgan fingerprint density at radius 3 is 2.40 bits per heavy atom. The van der Waals surface area contributed by atoms with Gasteiger partial charge in [-0.1, -0.05) is 48.5 Å². The predicted molar refractivity (Wildman–Crippen MR) is 80.4 cm³/mol. The molecule has 20 heavy (non-hydrogen) atoms. The number of likely N-dealkylation sites (N-methyl/N-ethyl adjacent to an activating group) is 1. The molecule has 1 heterocycles. The van der Waals surface area contributed by atoms with Crippen LogP contribution in [0.3, 0.4) is 0 Å². The van der Waals surface area contributed by atoms with E-state index in [1.54, 1.807) is 17.0 Å². The summed E-state index contributed by atoms with van der Waals surface area (Å²) in [5, 5.41) is 10.5. The molecule has 1 N–H and O–H groups in total. The molecule has 3 heteroatoms. The van der Waals surface area contributed by atoms with Crippen LogP contribution < -0.4 is 4.90 Å². The summed E-state index contributed by atoms with van der Waals surface area (Å²) in [7, 11) is 0. The first kappa shape index (κ1) is 12.5. The van der Waals surface area contributed by atoms with Gasteiger partial charge in [0, 0.05) is 17.7 Å². The summed E-state index contributed by atoms with van der Waals surface area (Å²) in [5.41, 5.74) is 2.69. The van der Waals surface area contributed by atoms with Crippen LogP contribution in [0, 0.1) is 0 Å². The van der Waals surface area contributed by atoms with Crippen molar-refractivity contribution in [3.8, 4) is 0 Å². The third-order valence-electron chi connectivity index (χ3n) is 3.52. The van der Waals surface area contributed by atoms with Crippen molar-refractivity contribution < 1.29 is 9.90 Å². The molecule has 0 saturated carbocycles. The van der Waals surface area contributed by atoms with E-state index in [2.05, 4.69) is 0 Å². The van der Waals surface area contributed by atoms with Gasteiger partial charge in [-0.2, -0.15) is 0 Å². The van der Waals surface area contributed by atoms with Crippen LogP contribution in [-0.2, 0) is 4.79 Å². The van der Waals surface area contributed by atoms with Crippen LogP contribution in [0.5, 0.6) is 0 Å². The second-order valence-electron chi connectivity index (χ2n) is 4.66. The minimum atomic E-state index is -0.143. The number of fused-ring (bicyclic) bond motifs is 1. The molecule has 0 atom stereocenters. The fourth-order valence-corrected chi connectivity index (χ4v) is 2.56. The molecule has 0 radical (unpaired) electrons. The molecule has 0 saturated heterocycles. The highest BCUT2D eigenvalue weighted by Crippen LogP contribution is 2.39.